The van der Waals surface area contributed by atoms with Crippen molar-refractivity contribution in [1.82, 2.24) is 0 Å². The predicted molar refractivity (Wildman–Crippen MR) is 64.2 cm³/mol. The standard InChI is InChI=1S/C10H14N2O3P/c1-8(2)11(16(3)15)9-6-4-5-7-10(9)12(13)14/h4-8H,1-3H3/q+1. The monoisotopic (exact) mass is 241 g/mol. The van der Waals surface area contributed by atoms with Crippen molar-refractivity contribution in [2.24, 2.45) is 0 Å². The first-order valence-electron chi connectivity index (χ1n) is 4.88. The Hall–Kier alpha value is -1.48. The molecule has 0 saturated carbocycles. The van der Waals surface area contributed by atoms with Gasteiger partial charge in [0.2, 0.25) is 0 Å². The Morgan fingerprint density at radius 1 is 1.38 bits per heavy atom. The van der Waals surface area contributed by atoms with Crippen LogP contribution in [0.25, 0.3) is 0 Å². The first-order valence-corrected chi connectivity index (χ1v) is 6.54. The van der Waals surface area contributed by atoms with Crippen molar-refractivity contribution in [1.29, 1.82) is 0 Å². The number of rotatable bonds is 4. The molecule has 0 radical (unpaired) electrons. The summed E-state index contributed by atoms with van der Waals surface area (Å²) < 4.78 is 13.2. The van der Waals surface area contributed by atoms with E-state index in [0.717, 1.165) is 0 Å². The molecule has 0 amide bonds. The molecule has 86 valence electrons. The lowest BCUT2D eigenvalue weighted by Gasteiger charge is -2.16. The zero-order chi connectivity index (χ0) is 12.3. The van der Waals surface area contributed by atoms with Crippen LogP contribution in [0.5, 0.6) is 0 Å². The van der Waals surface area contributed by atoms with Gasteiger partial charge in [-0.15, -0.1) is 0 Å². The number of nitro benzene ring substituents is 1. The van der Waals surface area contributed by atoms with E-state index in [4.69, 9.17) is 0 Å². The molecule has 0 saturated heterocycles. The SMILES string of the molecule is CC(C)N(c1ccccc1[N+](=O)[O-])[P+](C)=O. The van der Waals surface area contributed by atoms with Crippen LogP contribution in [0.4, 0.5) is 11.4 Å². The average Bonchev–Trinajstić information content (AvgIpc) is 2.17. The van der Waals surface area contributed by atoms with Crippen molar-refractivity contribution in [3.8, 4) is 0 Å². The molecule has 6 heteroatoms. The normalized spacial score (nSPS) is 11.4. The van der Waals surface area contributed by atoms with Crippen molar-refractivity contribution in [3.63, 3.8) is 0 Å². The smallest absolute Gasteiger partial charge is 0.258 e. The number of benzene rings is 1. The lowest BCUT2D eigenvalue weighted by atomic mass is 10.2. The van der Waals surface area contributed by atoms with Gasteiger partial charge in [-0.1, -0.05) is 12.1 Å². The highest BCUT2D eigenvalue weighted by molar-refractivity contribution is 7.45. The molecule has 0 bridgehead atoms. The van der Waals surface area contributed by atoms with Crippen LogP contribution >= 0.6 is 7.95 Å². The van der Waals surface area contributed by atoms with Crippen LogP contribution in [0.2, 0.25) is 0 Å². The summed E-state index contributed by atoms with van der Waals surface area (Å²) in [5.41, 5.74) is 0.396. The van der Waals surface area contributed by atoms with Crippen LogP contribution in [0.1, 0.15) is 13.8 Å². The predicted octanol–water partition coefficient (Wildman–Crippen LogP) is 3.18. The highest BCUT2D eigenvalue weighted by Gasteiger charge is 2.31. The van der Waals surface area contributed by atoms with Gasteiger partial charge in [0.15, 0.2) is 12.4 Å². The molecule has 1 unspecified atom stereocenters. The minimum absolute atomic E-state index is 0.0126. The average molecular weight is 241 g/mol. The van der Waals surface area contributed by atoms with E-state index in [2.05, 4.69) is 0 Å². The summed E-state index contributed by atoms with van der Waals surface area (Å²) in [5, 5.41) is 10.9. The third kappa shape index (κ3) is 2.55. The molecule has 0 heterocycles. The van der Waals surface area contributed by atoms with Crippen molar-refractivity contribution in [2.75, 3.05) is 11.3 Å². The summed E-state index contributed by atoms with van der Waals surface area (Å²) in [6, 6.07) is 6.30. The fourth-order valence-electron chi connectivity index (χ4n) is 1.57. The molecule has 0 spiro atoms. The van der Waals surface area contributed by atoms with Crippen LogP contribution in [0.15, 0.2) is 24.3 Å². The first-order chi connectivity index (χ1) is 7.45. The maximum absolute atomic E-state index is 11.6. The van der Waals surface area contributed by atoms with Gasteiger partial charge >= 0.3 is 7.95 Å². The molecule has 0 aliphatic rings. The second-order valence-electron chi connectivity index (χ2n) is 3.65. The van der Waals surface area contributed by atoms with E-state index in [1.54, 1.807) is 29.5 Å². The Morgan fingerprint density at radius 2 is 1.94 bits per heavy atom. The van der Waals surface area contributed by atoms with E-state index < -0.39 is 12.9 Å². The van der Waals surface area contributed by atoms with E-state index in [1.165, 1.54) is 6.07 Å². The first kappa shape index (κ1) is 12.6. The molecule has 1 aromatic carbocycles. The number of para-hydroxylation sites is 2. The van der Waals surface area contributed by atoms with Gasteiger partial charge in [0.25, 0.3) is 5.69 Å². The molecule has 0 aromatic heterocycles. The lowest BCUT2D eigenvalue weighted by molar-refractivity contribution is -0.384. The summed E-state index contributed by atoms with van der Waals surface area (Å²) in [5.74, 6) is 0. The molecule has 0 N–H and O–H groups in total. The van der Waals surface area contributed by atoms with Gasteiger partial charge in [-0.25, -0.2) is 0 Å². The Kier molecular flexibility index (Phi) is 3.96. The molecule has 5 nitrogen and oxygen atoms in total. The third-order valence-corrected chi connectivity index (χ3v) is 3.40. The number of hydrogen-bond acceptors (Lipinski definition) is 3. The summed E-state index contributed by atoms with van der Waals surface area (Å²) in [7, 11) is -1.64. The number of anilines is 1. The Labute approximate surface area is 95.1 Å². The van der Waals surface area contributed by atoms with Gasteiger partial charge in [0, 0.05) is 6.07 Å². The van der Waals surface area contributed by atoms with Gasteiger partial charge < -0.3 is 0 Å². The molecule has 16 heavy (non-hydrogen) atoms. The molecular weight excluding hydrogens is 227 g/mol. The van der Waals surface area contributed by atoms with Gasteiger partial charge in [-0.2, -0.15) is 4.67 Å². The van der Waals surface area contributed by atoms with Crippen molar-refractivity contribution in [2.45, 2.75) is 19.9 Å². The van der Waals surface area contributed by atoms with E-state index in [1.807, 2.05) is 13.8 Å². The van der Waals surface area contributed by atoms with Gasteiger partial charge in [0.1, 0.15) is 0 Å². The number of hydrogen-bond donors (Lipinski definition) is 0. The summed E-state index contributed by atoms with van der Waals surface area (Å²) in [6.07, 6.45) is 0. The van der Waals surface area contributed by atoms with E-state index in [0.29, 0.717) is 5.69 Å². The minimum atomic E-state index is -1.64. The second kappa shape index (κ2) is 5.03. The lowest BCUT2D eigenvalue weighted by Crippen LogP contribution is -2.23. The van der Waals surface area contributed by atoms with Crippen LogP contribution in [-0.2, 0) is 4.57 Å². The zero-order valence-electron chi connectivity index (χ0n) is 9.45. The Balaban J connectivity index is 3.29. The Bertz CT molecular complexity index is 420. The molecule has 0 aliphatic carbocycles. The van der Waals surface area contributed by atoms with Gasteiger partial charge in [-0.05, 0) is 24.5 Å². The van der Waals surface area contributed by atoms with Crippen LogP contribution in [0.3, 0.4) is 0 Å². The zero-order valence-corrected chi connectivity index (χ0v) is 10.3. The molecule has 1 rings (SSSR count). The maximum Gasteiger partial charge on any atom is 0.459 e. The fourth-order valence-corrected chi connectivity index (χ4v) is 2.69. The molecule has 0 aliphatic heterocycles. The Morgan fingerprint density at radius 3 is 2.38 bits per heavy atom. The van der Waals surface area contributed by atoms with E-state index in [9.17, 15) is 14.7 Å². The van der Waals surface area contributed by atoms with Crippen LogP contribution < -0.4 is 4.67 Å². The molecule has 1 aromatic rings. The largest absolute Gasteiger partial charge is 0.459 e. The molecule has 0 fully saturated rings. The quantitative estimate of drug-likeness (QED) is 0.461. The fraction of sp³-hybridized carbons (Fsp3) is 0.400. The van der Waals surface area contributed by atoms with E-state index >= 15 is 0 Å². The molecular formula is C10H14N2O3P+. The number of nitrogens with zero attached hydrogens (tertiary/aromatic N) is 2. The van der Waals surface area contributed by atoms with Crippen molar-refractivity contribution >= 4 is 19.3 Å². The number of nitro groups is 1. The molecule has 1 atom stereocenters. The second-order valence-corrected chi connectivity index (χ2v) is 5.01. The van der Waals surface area contributed by atoms with Gasteiger partial charge in [-0.3, -0.25) is 10.1 Å². The van der Waals surface area contributed by atoms with Crippen molar-refractivity contribution < 1.29 is 9.49 Å². The summed E-state index contributed by atoms with van der Waals surface area (Å²) in [4.78, 5) is 10.4. The van der Waals surface area contributed by atoms with Crippen LogP contribution in [0, 0.1) is 10.1 Å². The van der Waals surface area contributed by atoms with Gasteiger partial charge in [0.05, 0.1) is 11.0 Å². The highest BCUT2D eigenvalue weighted by atomic mass is 31.1. The van der Waals surface area contributed by atoms with E-state index in [-0.39, 0.29) is 11.7 Å². The maximum atomic E-state index is 11.6. The minimum Gasteiger partial charge on any atom is -0.258 e. The van der Waals surface area contributed by atoms with Crippen molar-refractivity contribution in [3.05, 3.63) is 34.4 Å². The summed E-state index contributed by atoms with van der Waals surface area (Å²) >= 11 is 0. The summed E-state index contributed by atoms with van der Waals surface area (Å²) in [6.45, 7) is 5.26. The topological polar surface area (TPSA) is 63.4 Å². The van der Waals surface area contributed by atoms with Crippen LogP contribution in [-0.4, -0.2) is 17.6 Å². The highest BCUT2D eigenvalue weighted by Crippen LogP contribution is 2.38. The third-order valence-electron chi connectivity index (χ3n) is 2.12.